The quantitative estimate of drug-likeness (QED) is 0.928. The van der Waals surface area contributed by atoms with Gasteiger partial charge in [-0.25, -0.2) is 4.98 Å². The molecule has 5 heteroatoms. The van der Waals surface area contributed by atoms with Crippen LogP contribution in [0.25, 0.3) is 11.4 Å². The molecule has 0 atom stereocenters. The number of hydrogen-bond donors (Lipinski definition) is 1. The molecule has 0 unspecified atom stereocenters. The van der Waals surface area contributed by atoms with Gasteiger partial charge in [-0.05, 0) is 25.1 Å². The molecule has 0 aliphatic rings. The van der Waals surface area contributed by atoms with Gasteiger partial charge in [0.25, 0.3) is 0 Å². The van der Waals surface area contributed by atoms with Crippen LogP contribution in [-0.4, -0.2) is 16.7 Å². The summed E-state index contributed by atoms with van der Waals surface area (Å²) < 4.78 is 7.15. The van der Waals surface area contributed by atoms with Crippen LogP contribution in [0.3, 0.4) is 0 Å². The Morgan fingerprint density at radius 2 is 2.17 bits per heavy atom. The summed E-state index contributed by atoms with van der Waals surface area (Å²) in [6.07, 6.45) is 0. The van der Waals surface area contributed by atoms with E-state index in [-0.39, 0.29) is 0 Å². The number of ether oxygens (including phenoxy) is 1. The molecule has 0 amide bonds. The maximum absolute atomic E-state index is 6.13. The third-order valence-electron chi connectivity index (χ3n) is 3.08. The standard InChI is InChI=1S/C13H16ClN3O/c1-8-11(7-15)16-13(17(8)2)9-4-5-12(18-3)10(14)6-9/h4-6H,7,15H2,1-3H3. The van der Waals surface area contributed by atoms with Crippen molar-refractivity contribution in [2.24, 2.45) is 12.8 Å². The Bertz CT molecular complexity index is 578. The molecular weight excluding hydrogens is 250 g/mol. The van der Waals surface area contributed by atoms with E-state index < -0.39 is 0 Å². The molecular formula is C13H16ClN3O. The minimum Gasteiger partial charge on any atom is -0.495 e. The van der Waals surface area contributed by atoms with Gasteiger partial charge in [-0.15, -0.1) is 0 Å². The summed E-state index contributed by atoms with van der Waals surface area (Å²) in [4.78, 5) is 4.53. The number of aromatic nitrogens is 2. The fourth-order valence-electron chi connectivity index (χ4n) is 1.89. The second-order valence-corrected chi connectivity index (χ2v) is 4.49. The fraction of sp³-hybridized carbons (Fsp3) is 0.308. The molecule has 0 saturated carbocycles. The lowest BCUT2D eigenvalue weighted by Crippen LogP contribution is -1.99. The first-order chi connectivity index (χ1) is 8.58. The van der Waals surface area contributed by atoms with Gasteiger partial charge in [0.2, 0.25) is 0 Å². The average Bonchev–Trinajstić information content (AvgIpc) is 2.66. The third-order valence-corrected chi connectivity index (χ3v) is 3.38. The van der Waals surface area contributed by atoms with Gasteiger partial charge >= 0.3 is 0 Å². The first-order valence-corrected chi connectivity index (χ1v) is 6.02. The highest BCUT2D eigenvalue weighted by molar-refractivity contribution is 6.32. The van der Waals surface area contributed by atoms with Gasteiger partial charge < -0.3 is 15.0 Å². The van der Waals surface area contributed by atoms with Gasteiger partial charge in [0, 0.05) is 24.8 Å². The monoisotopic (exact) mass is 265 g/mol. The first-order valence-electron chi connectivity index (χ1n) is 5.64. The molecule has 2 aromatic rings. The highest BCUT2D eigenvalue weighted by Gasteiger charge is 2.13. The largest absolute Gasteiger partial charge is 0.495 e. The molecule has 96 valence electrons. The van der Waals surface area contributed by atoms with Crippen molar-refractivity contribution in [2.75, 3.05) is 7.11 Å². The van der Waals surface area contributed by atoms with Crippen LogP contribution in [0.15, 0.2) is 18.2 Å². The Morgan fingerprint density at radius 1 is 1.44 bits per heavy atom. The molecule has 0 radical (unpaired) electrons. The van der Waals surface area contributed by atoms with Gasteiger partial charge in [-0.1, -0.05) is 11.6 Å². The number of benzene rings is 1. The summed E-state index contributed by atoms with van der Waals surface area (Å²) in [5.41, 5.74) is 8.59. The van der Waals surface area contributed by atoms with Crippen molar-refractivity contribution in [2.45, 2.75) is 13.5 Å². The smallest absolute Gasteiger partial charge is 0.140 e. The Kier molecular flexibility index (Phi) is 3.59. The van der Waals surface area contributed by atoms with E-state index in [1.807, 2.05) is 36.7 Å². The van der Waals surface area contributed by atoms with Gasteiger partial charge in [0.05, 0.1) is 17.8 Å². The van der Waals surface area contributed by atoms with E-state index in [4.69, 9.17) is 22.1 Å². The molecule has 4 nitrogen and oxygen atoms in total. The van der Waals surface area contributed by atoms with Crippen LogP contribution < -0.4 is 10.5 Å². The summed E-state index contributed by atoms with van der Waals surface area (Å²) in [6.45, 7) is 2.44. The van der Waals surface area contributed by atoms with E-state index in [1.165, 1.54) is 0 Å². The van der Waals surface area contributed by atoms with Gasteiger partial charge in [0.1, 0.15) is 11.6 Å². The molecule has 0 fully saturated rings. The lowest BCUT2D eigenvalue weighted by Gasteiger charge is -2.06. The SMILES string of the molecule is COc1ccc(-c2nc(CN)c(C)n2C)cc1Cl. The van der Waals surface area contributed by atoms with Crippen molar-refractivity contribution in [3.8, 4) is 17.1 Å². The van der Waals surface area contributed by atoms with Crippen LogP contribution in [0.4, 0.5) is 0 Å². The third kappa shape index (κ3) is 2.09. The second-order valence-electron chi connectivity index (χ2n) is 4.08. The zero-order valence-electron chi connectivity index (χ0n) is 10.7. The molecule has 18 heavy (non-hydrogen) atoms. The van der Waals surface area contributed by atoms with E-state index in [0.717, 1.165) is 22.8 Å². The highest BCUT2D eigenvalue weighted by Crippen LogP contribution is 2.30. The highest BCUT2D eigenvalue weighted by atomic mass is 35.5. The van der Waals surface area contributed by atoms with Crippen LogP contribution >= 0.6 is 11.6 Å². The van der Waals surface area contributed by atoms with Gasteiger partial charge in [0.15, 0.2) is 0 Å². The summed E-state index contributed by atoms with van der Waals surface area (Å²) in [6, 6.07) is 5.62. The van der Waals surface area contributed by atoms with Gasteiger partial charge in [-0.3, -0.25) is 0 Å². The Balaban J connectivity index is 2.52. The zero-order chi connectivity index (χ0) is 13.3. The minimum absolute atomic E-state index is 0.434. The molecule has 0 aliphatic carbocycles. The topological polar surface area (TPSA) is 53.1 Å². The Hall–Kier alpha value is -1.52. The van der Waals surface area contributed by atoms with Crippen molar-refractivity contribution < 1.29 is 4.74 Å². The average molecular weight is 266 g/mol. The molecule has 0 spiro atoms. The summed E-state index contributed by atoms with van der Waals surface area (Å²) >= 11 is 6.13. The molecule has 1 aromatic carbocycles. The van der Waals surface area contributed by atoms with Crippen molar-refractivity contribution in [1.82, 2.24) is 9.55 Å². The van der Waals surface area contributed by atoms with Crippen LogP contribution in [0, 0.1) is 6.92 Å². The second kappa shape index (κ2) is 5.00. The summed E-state index contributed by atoms with van der Waals surface area (Å²) in [7, 11) is 3.56. The number of rotatable bonds is 3. The van der Waals surface area contributed by atoms with Crippen molar-refractivity contribution in [3.05, 3.63) is 34.6 Å². The predicted molar refractivity (Wildman–Crippen MR) is 72.8 cm³/mol. The van der Waals surface area contributed by atoms with E-state index in [1.54, 1.807) is 7.11 Å². The van der Waals surface area contributed by atoms with E-state index in [0.29, 0.717) is 17.3 Å². The number of imidazole rings is 1. The Labute approximate surface area is 111 Å². The van der Waals surface area contributed by atoms with Crippen LogP contribution in [-0.2, 0) is 13.6 Å². The number of halogens is 1. The number of nitrogens with zero attached hydrogens (tertiary/aromatic N) is 2. The van der Waals surface area contributed by atoms with Crippen molar-refractivity contribution in [3.63, 3.8) is 0 Å². The maximum Gasteiger partial charge on any atom is 0.140 e. The molecule has 1 heterocycles. The van der Waals surface area contributed by atoms with Crippen LogP contribution in [0.5, 0.6) is 5.75 Å². The summed E-state index contributed by atoms with van der Waals surface area (Å²) in [5, 5.41) is 0.574. The number of methoxy groups -OCH3 is 1. The summed E-state index contributed by atoms with van der Waals surface area (Å²) in [5.74, 6) is 1.52. The first kappa shape index (κ1) is 12.9. The molecule has 0 saturated heterocycles. The normalized spacial score (nSPS) is 10.7. The zero-order valence-corrected chi connectivity index (χ0v) is 11.5. The van der Waals surface area contributed by atoms with E-state index in [2.05, 4.69) is 4.98 Å². The number of hydrogen-bond acceptors (Lipinski definition) is 3. The fourth-order valence-corrected chi connectivity index (χ4v) is 2.15. The minimum atomic E-state index is 0.434. The lowest BCUT2D eigenvalue weighted by molar-refractivity contribution is 0.415. The van der Waals surface area contributed by atoms with E-state index in [9.17, 15) is 0 Å². The van der Waals surface area contributed by atoms with Crippen LogP contribution in [0.1, 0.15) is 11.4 Å². The molecule has 0 aliphatic heterocycles. The molecule has 2 N–H and O–H groups in total. The van der Waals surface area contributed by atoms with Crippen molar-refractivity contribution in [1.29, 1.82) is 0 Å². The van der Waals surface area contributed by atoms with Crippen molar-refractivity contribution >= 4 is 11.6 Å². The Morgan fingerprint density at radius 3 is 2.67 bits per heavy atom. The van der Waals surface area contributed by atoms with Gasteiger partial charge in [-0.2, -0.15) is 0 Å². The number of nitrogens with two attached hydrogens (primary N) is 1. The van der Waals surface area contributed by atoms with Crippen LogP contribution in [0.2, 0.25) is 5.02 Å². The molecule has 1 aromatic heterocycles. The molecule has 0 bridgehead atoms. The predicted octanol–water partition coefficient (Wildman–Crippen LogP) is 2.52. The van der Waals surface area contributed by atoms with E-state index >= 15 is 0 Å². The molecule has 2 rings (SSSR count). The maximum atomic E-state index is 6.13. The lowest BCUT2D eigenvalue weighted by atomic mass is 10.2.